The van der Waals surface area contributed by atoms with Gasteiger partial charge in [0.1, 0.15) is 30.1 Å². The number of esters is 1. The van der Waals surface area contributed by atoms with Gasteiger partial charge in [0, 0.05) is 51.4 Å². The maximum absolute atomic E-state index is 14.5. The zero-order chi connectivity index (χ0) is 51.7. The molecule has 0 radical (unpaired) electrons. The summed E-state index contributed by atoms with van der Waals surface area (Å²) in [6.07, 6.45) is 15.8. The molecule has 15 heteroatoms. The van der Waals surface area contributed by atoms with E-state index in [9.17, 15) is 39.3 Å². The van der Waals surface area contributed by atoms with Gasteiger partial charge in [-0.1, -0.05) is 96.1 Å². The van der Waals surface area contributed by atoms with Gasteiger partial charge in [0.05, 0.1) is 37.6 Å². The number of carbonyl (C=O) groups is 5. The molecule has 3 aliphatic heterocycles. The van der Waals surface area contributed by atoms with Crippen LogP contribution in [0.4, 0.5) is 0 Å². The molecular weight excluding hydrogens is 899 g/mol. The van der Waals surface area contributed by atoms with Crippen molar-refractivity contribution >= 4 is 29.2 Å². The Hall–Kier alpha value is -3.67. The molecule has 0 aromatic rings. The van der Waals surface area contributed by atoms with Gasteiger partial charge in [0.2, 0.25) is 5.79 Å². The van der Waals surface area contributed by atoms with Crippen molar-refractivity contribution in [1.29, 1.82) is 0 Å². The molecule has 2 unspecified atom stereocenters. The molecule has 2 saturated heterocycles. The number of allylic oxidation sites excluding steroid dienone is 6. The molecule has 4 rings (SSSR count). The van der Waals surface area contributed by atoms with Crippen LogP contribution in [0.15, 0.2) is 59.8 Å². The highest BCUT2D eigenvalue weighted by Crippen LogP contribution is 2.38. The Kier molecular flexibility index (Phi) is 24.0. The molecule has 1 amide bonds. The largest absolute Gasteiger partial charge is 0.460 e. The molecule has 70 heavy (non-hydrogen) atoms. The summed E-state index contributed by atoms with van der Waals surface area (Å²) >= 11 is 0. The van der Waals surface area contributed by atoms with E-state index in [-0.39, 0.29) is 68.0 Å². The molecule has 1 aliphatic carbocycles. The quantitative estimate of drug-likeness (QED) is 0.105. The van der Waals surface area contributed by atoms with Crippen LogP contribution in [0.1, 0.15) is 132 Å². The average Bonchev–Trinajstić information content (AvgIpc) is 3.34. The van der Waals surface area contributed by atoms with E-state index in [0.717, 1.165) is 31.3 Å². The van der Waals surface area contributed by atoms with E-state index < -0.39 is 83.9 Å². The molecule has 1 saturated carbocycles. The van der Waals surface area contributed by atoms with Crippen molar-refractivity contribution in [2.24, 2.45) is 35.5 Å². The summed E-state index contributed by atoms with van der Waals surface area (Å²) in [6.45, 7) is 12.7. The molecule has 2 bridgehead atoms. The summed E-state index contributed by atoms with van der Waals surface area (Å²) < 4.78 is 30.0. The fourth-order valence-electron chi connectivity index (χ4n) is 10.5. The first kappa shape index (κ1) is 58.9. The topological polar surface area (TPSA) is 216 Å². The Balaban J connectivity index is 1.68. The Labute approximate surface area is 416 Å². The predicted octanol–water partition coefficient (Wildman–Crippen LogP) is 6.49. The number of Topliss-reactive ketones (excluding diaryl/α,β-unsaturated/α-hetero) is 3. The highest BCUT2D eigenvalue weighted by molar-refractivity contribution is 6.39. The zero-order valence-electron chi connectivity index (χ0n) is 43.3. The van der Waals surface area contributed by atoms with Gasteiger partial charge in [-0.25, -0.2) is 4.79 Å². The predicted molar refractivity (Wildman–Crippen MR) is 265 cm³/mol. The third-order valence-corrected chi connectivity index (χ3v) is 15.0. The molecule has 394 valence electrons. The zero-order valence-corrected chi connectivity index (χ0v) is 43.3. The molecule has 4 aliphatic rings. The number of cyclic esters (lactones) is 1. The molecule has 0 aromatic carbocycles. The van der Waals surface area contributed by atoms with Crippen molar-refractivity contribution < 1.29 is 68.1 Å². The van der Waals surface area contributed by atoms with Crippen molar-refractivity contribution in [2.75, 3.05) is 34.0 Å². The van der Waals surface area contributed by atoms with E-state index in [1.165, 1.54) is 18.1 Å². The summed E-state index contributed by atoms with van der Waals surface area (Å²) in [5.74, 6) is -7.93. The lowest BCUT2D eigenvalue weighted by atomic mass is 9.79. The first-order chi connectivity index (χ1) is 33.2. The van der Waals surface area contributed by atoms with Crippen molar-refractivity contribution in [3.05, 3.63) is 59.8 Å². The number of nitrogens with zero attached hydrogens (tertiary/aromatic N) is 1. The molecule has 0 aromatic heterocycles. The van der Waals surface area contributed by atoms with E-state index >= 15 is 0 Å². The van der Waals surface area contributed by atoms with Crippen molar-refractivity contribution in [3.63, 3.8) is 0 Å². The second kappa shape index (κ2) is 28.5. The first-order valence-corrected chi connectivity index (χ1v) is 25.8. The second-order valence-corrected chi connectivity index (χ2v) is 20.7. The smallest absolute Gasteiger partial charge is 0.329 e. The van der Waals surface area contributed by atoms with Crippen LogP contribution in [-0.2, 0) is 47.7 Å². The summed E-state index contributed by atoms with van der Waals surface area (Å²) in [5, 5.41) is 42.3. The number of rotatable bonds is 10. The Morgan fingerprint density at radius 1 is 0.900 bits per heavy atom. The monoisotopic (exact) mass is 984 g/mol. The van der Waals surface area contributed by atoms with Gasteiger partial charge in [-0.05, 0) is 101 Å². The lowest BCUT2D eigenvalue weighted by Gasteiger charge is -2.42. The number of carbonyl (C=O) groups excluding carboxylic acids is 5. The lowest BCUT2D eigenvalue weighted by molar-refractivity contribution is -0.265. The Morgan fingerprint density at radius 3 is 2.34 bits per heavy atom. The molecule has 0 spiro atoms. The standard InChI is InChI=1S/C55H85NO14/c1-34-17-11-10-12-18-35(2)47(66-8)31-44-24-23-40(7)55(65,70-44)52(62)53(63)56-25-14-13-22-45(56)54(64)69-48(37(4)29-41-19-15-21-43(30-41)68-26-16-20-42(58)33-57)32-46(59)36(3)28-39(6)50(61)51(67-9)49(60)38(5)27-34/h10-12,16-18,20,28,34,36-38,40-45,47-48,50-51,57-58,61,65H,13-15,19,21-27,29-33H2,1-9H3/b12-10+,17-11+,20-16+,35-18+,39-28+/t34-,36-,37-,38-,40-,41?,42?,43+,44+,45+,47+,48+,50-,51+,55-/m1/s1. The van der Waals surface area contributed by atoms with Crippen LogP contribution in [0.2, 0.25) is 0 Å². The maximum atomic E-state index is 14.5. The van der Waals surface area contributed by atoms with E-state index in [4.69, 9.17) is 28.8 Å². The fourth-order valence-corrected chi connectivity index (χ4v) is 10.5. The number of aliphatic hydroxyl groups is 4. The maximum Gasteiger partial charge on any atom is 0.329 e. The number of amides is 1. The number of methoxy groups -OCH3 is 2. The van der Waals surface area contributed by atoms with Crippen molar-refractivity contribution in [1.82, 2.24) is 4.90 Å². The van der Waals surface area contributed by atoms with Gasteiger partial charge in [-0.2, -0.15) is 0 Å². The number of piperidine rings is 1. The minimum Gasteiger partial charge on any atom is -0.460 e. The highest BCUT2D eigenvalue weighted by atomic mass is 16.6. The summed E-state index contributed by atoms with van der Waals surface area (Å²) in [4.78, 5) is 72.2. The van der Waals surface area contributed by atoms with Gasteiger partial charge >= 0.3 is 5.97 Å². The molecule has 15 nitrogen and oxygen atoms in total. The number of fused-ring (bicyclic) bond motifs is 3. The van der Waals surface area contributed by atoms with Crippen LogP contribution in [0.25, 0.3) is 0 Å². The van der Waals surface area contributed by atoms with Crippen molar-refractivity contribution in [3.8, 4) is 0 Å². The van der Waals surface area contributed by atoms with Crippen LogP contribution < -0.4 is 0 Å². The van der Waals surface area contributed by atoms with Crippen molar-refractivity contribution in [2.45, 2.75) is 186 Å². The van der Waals surface area contributed by atoms with Gasteiger partial charge in [0.15, 0.2) is 5.78 Å². The molecular formula is C55H85NO14. The number of hydrogen-bond acceptors (Lipinski definition) is 14. The van der Waals surface area contributed by atoms with Crippen LogP contribution in [0.3, 0.4) is 0 Å². The third-order valence-electron chi connectivity index (χ3n) is 15.0. The molecule has 3 fully saturated rings. The number of hydrogen-bond donors (Lipinski definition) is 4. The normalized spacial score (nSPS) is 37.9. The summed E-state index contributed by atoms with van der Waals surface area (Å²) in [7, 11) is 2.95. The van der Waals surface area contributed by atoms with E-state index in [0.29, 0.717) is 50.5 Å². The second-order valence-electron chi connectivity index (χ2n) is 20.7. The summed E-state index contributed by atoms with van der Waals surface area (Å²) in [6, 6.07) is -1.15. The van der Waals surface area contributed by atoms with Gasteiger partial charge in [-0.15, -0.1) is 0 Å². The molecule has 4 N–H and O–H groups in total. The third kappa shape index (κ3) is 16.7. The van der Waals surface area contributed by atoms with Crippen LogP contribution in [0, 0.1) is 35.5 Å². The minimum atomic E-state index is -2.44. The fraction of sp³-hybridized carbons (Fsp3) is 0.727. The van der Waals surface area contributed by atoms with E-state index in [1.54, 1.807) is 40.0 Å². The van der Waals surface area contributed by atoms with Crippen LogP contribution in [0.5, 0.6) is 0 Å². The minimum absolute atomic E-state index is 0.0127. The SMILES string of the molecule is CO[C@H]1C[C@@H]2CC[C@@H](C)[C@@](O)(O2)C(=O)C(=O)N2CCCC[C@H]2C(=O)O[C@H]([C@H](C)CC2CCC[C@H](OC/C=C/C(O)CO)C2)CC(=O)[C@H](C)/C=C(\C)[C@@H](O)[C@@H](OC)C(=O)[C@H](C)C[C@H](C)/C=C/C=C/C=C/1C. The first-order valence-electron chi connectivity index (χ1n) is 25.8. The lowest BCUT2D eigenvalue weighted by Crippen LogP contribution is -2.61. The van der Waals surface area contributed by atoms with Crippen LogP contribution in [-0.4, -0.2) is 143 Å². The van der Waals surface area contributed by atoms with Gasteiger partial charge in [-0.3, -0.25) is 19.2 Å². The van der Waals surface area contributed by atoms with E-state index in [1.807, 2.05) is 58.1 Å². The Morgan fingerprint density at radius 2 is 1.64 bits per heavy atom. The molecule has 3 heterocycles. The van der Waals surface area contributed by atoms with Crippen LogP contribution >= 0.6 is 0 Å². The van der Waals surface area contributed by atoms with E-state index in [2.05, 4.69) is 0 Å². The van der Waals surface area contributed by atoms with Gasteiger partial charge < -0.3 is 49.0 Å². The Bertz CT molecular complexity index is 1890. The summed E-state index contributed by atoms with van der Waals surface area (Å²) in [5.41, 5.74) is 1.26. The molecule has 15 atom stereocenters. The average molecular weight is 984 g/mol. The highest BCUT2D eigenvalue weighted by Gasteiger charge is 2.53. The van der Waals surface area contributed by atoms with Gasteiger partial charge in [0.25, 0.3) is 11.7 Å². The number of aliphatic hydroxyl groups excluding tert-OH is 3. The number of ether oxygens (including phenoxy) is 5. The number of ketones is 3.